The van der Waals surface area contributed by atoms with E-state index in [0.717, 1.165) is 26.2 Å². The Balaban J connectivity index is 1.96. The standard InChI is InChI=1S/C11H17N3/c1-10-8-12-6-7-14(10)9-11-4-2-3-5-13-11/h2-5,10,12H,6-9H2,1H3/t10-/m0/s1. The van der Waals surface area contributed by atoms with Gasteiger partial charge in [0.15, 0.2) is 0 Å². The lowest BCUT2D eigenvalue weighted by Gasteiger charge is -2.33. The highest BCUT2D eigenvalue weighted by Crippen LogP contribution is 2.07. The van der Waals surface area contributed by atoms with Crippen LogP contribution in [0.4, 0.5) is 0 Å². The fourth-order valence-electron chi connectivity index (χ4n) is 1.82. The molecule has 1 aliphatic heterocycles. The topological polar surface area (TPSA) is 28.2 Å². The zero-order valence-corrected chi connectivity index (χ0v) is 8.61. The van der Waals surface area contributed by atoms with Crippen LogP contribution in [0.2, 0.25) is 0 Å². The fourth-order valence-corrected chi connectivity index (χ4v) is 1.82. The molecule has 14 heavy (non-hydrogen) atoms. The third-order valence-electron chi connectivity index (χ3n) is 2.73. The average molecular weight is 191 g/mol. The van der Waals surface area contributed by atoms with Crippen LogP contribution in [0.5, 0.6) is 0 Å². The van der Waals surface area contributed by atoms with Gasteiger partial charge in [-0.2, -0.15) is 0 Å². The summed E-state index contributed by atoms with van der Waals surface area (Å²) in [5.74, 6) is 0. The van der Waals surface area contributed by atoms with E-state index in [1.54, 1.807) is 0 Å². The predicted octanol–water partition coefficient (Wildman–Crippen LogP) is 0.875. The van der Waals surface area contributed by atoms with Gasteiger partial charge in [0.25, 0.3) is 0 Å². The SMILES string of the molecule is C[C@H]1CNCCN1Cc1ccccn1. The third kappa shape index (κ3) is 2.30. The van der Waals surface area contributed by atoms with E-state index in [9.17, 15) is 0 Å². The van der Waals surface area contributed by atoms with Crippen molar-refractivity contribution in [1.29, 1.82) is 0 Å². The van der Waals surface area contributed by atoms with E-state index < -0.39 is 0 Å². The minimum atomic E-state index is 0.616. The number of rotatable bonds is 2. The number of piperazine rings is 1. The lowest BCUT2D eigenvalue weighted by atomic mass is 10.2. The summed E-state index contributed by atoms with van der Waals surface area (Å²) < 4.78 is 0. The zero-order valence-electron chi connectivity index (χ0n) is 8.61. The number of pyridine rings is 1. The van der Waals surface area contributed by atoms with Gasteiger partial charge in [0.1, 0.15) is 0 Å². The van der Waals surface area contributed by atoms with Crippen molar-refractivity contribution in [2.75, 3.05) is 19.6 Å². The molecule has 0 amide bonds. The summed E-state index contributed by atoms with van der Waals surface area (Å²) in [5, 5.41) is 3.39. The highest BCUT2D eigenvalue weighted by atomic mass is 15.2. The quantitative estimate of drug-likeness (QED) is 0.752. The Kier molecular flexibility index (Phi) is 3.11. The molecule has 0 unspecified atom stereocenters. The van der Waals surface area contributed by atoms with Gasteiger partial charge in [-0.15, -0.1) is 0 Å². The number of aromatic nitrogens is 1. The summed E-state index contributed by atoms with van der Waals surface area (Å²) in [4.78, 5) is 6.82. The molecule has 1 fully saturated rings. The van der Waals surface area contributed by atoms with Crippen molar-refractivity contribution in [1.82, 2.24) is 15.2 Å². The average Bonchev–Trinajstić information content (AvgIpc) is 2.23. The number of nitrogens with zero attached hydrogens (tertiary/aromatic N) is 2. The first-order valence-corrected chi connectivity index (χ1v) is 5.21. The molecule has 0 saturated carbocycles. The number of hydrogen-bond acceptors (Lipinski definition) is 3. The van der Waals surface area contributed by atoms with Crippen LogP contribution in [0.3, 0.4) is 0 Å². The second-order valence-electron chi connectivity index (χ2n) is 3.84. The first kappa shape index (κ1) is 9.62. The Morgan fingerprint density at radius 2 is 2.50 bits per heavy atom. The highest BCUT2D eigenvalue weighted by Gasteiger charge is 2.17. The highest BCUT2D eigenvalue weighted by molar-refractivity contribution is 5.03. The smallest absolute Gasteiger partial charge is 0.0544 e. The monoisotopic (exact) mass is 191 g/mol. The lowest BCUT2D eigenvalue weighted by Crippen LogP contribution is -2.49. The molecule has 0 bridgehead atoms. The predicted molar refractivity (Wildman–Crippen MR) is 57.0 cm³/mol. The van der Waals surface area contributed by atoms with E-state index in [2.05, 4.69) is 34.3 Å². The molecule has 1 aromatic heterocycles. The summed E-state index contributed by atoms with van der Waals surface area (Å²) in [6, 6.07) is 6.72. The molecule has 0 aromatic carbocycles. The first-order valence-electron chi connectivity index (χ1n) is 5.21. The molecular formula is C11H17N3. The van der Waals surface area contributed by atoms with Gasteiger partial charge in [-0.05, 0) is 19.1 Å². The minimum Gasteiger partial charge on any atom is -0.314 e. The van der Waals surface area contributed by atoms with Crippen molar-refractivity contribution in [3.8, 4) is 0 Å². The molecule has 2 heterocycles. The van der Waals surface area contributed by atoms with Crippen molar-refractivity contribution in [2.24, 2.45) is 0 Å². The minimum absolute atomic E-state index is 0.616. The van der Waals surface area contributed by atoms with Crippen LogP contribution in [0, 0.1) is 0 Å². The van der Waals surface area contributed by atoms with Gasteiger partial charge in [-0.25, -0.2) is 0 Å². The molecule has 1 aliphatic rings. The van der Waals surface area contributed by atoms with Crippen molar-refractivity contribution >= 4 is 0 Å². The van der Waals surface area contributed by atoms with Crippen LogP contribution in [0.25, 0.3) is 0 Å². The van der Waals surface area contributed by atoms with Crippen LogP contribution in [0.1, 0.15) is 12.6 Å². The molecule has 1 N–H and O–H groups in total. The zero-order chi connectivity index (χ0) is 9.80. The normalized spacial score (nSPS) is 23.6. The van der Waals surface area contributed by atoms with E-state index >= 15 is 0 Å². The summed E-state index contributed by atoms with van der Waals surface area (Å²) in [5.41, 5.74) is 1.17. The Labute approximate surface area is 85.1 Å². The Morgan fingerprint density at radius 3 is 3.21 bits per heavy atom. The van der Waals surface area contributed by atoms with E-state index in [-0.39, 0.29) is 0 Å². The largest absolute Gasteiger partial charge is 0.314 e. The fraction of sp³-hybridized carbons (Fsp3) is 0.545. The van der Waals surface area contributed by atoms with Crippen LogP contribution < -0.4 is 5.32 Å². The van der Waals surface area contributed by atoms with E-state index in [0.29, 0.717) is 6.04 Å². The van der Waals surface area contributed by atoms with Crippen LogP contribution in [0.15, 0.2) is 24.4 Å². The van der Waals surface area contributed by atoms with Crippen LogP contribution >= 0.6 is 0 Å². The van der Waals surface area contributed by atoms with Crippen LogP contribution in [-0.2, 0) is 6.54 Å². The van der Waals surface area contributed by atoms with E-state index in [1.807, 2.05) is 12.3 Å². The second kappa shape index (κ2) is 4.53. The molecule has 0 aliphatic carbocycles. The van der Waals surface area contributed by atoms with Gasteiger partial charge in [-0.3, -0.25) is 9.88 Å². The van der Waals surface area contributed by atoms with Crippen molar-refractivity contribution in [3.63, 3.8) is 0 Å². The number of nitrogens with one attached hydrogen (secondary N) is 1. The molecule has 0 radical (unpaired) electrons. The summed E-state index contributed by atoms with van der Waals surface area (Å²) in [7, 11) is 0. The van der Waals surface area contributed by atoms with Crippen molar-refractivity contribution in [2.45, 2.75) is 19.5 Å². The van der Waals surface area contributed by atoms with Crippen molar-refractivity contribution in [3.05, 3.63) is 30.1 Å². The second-order valence-corrected chi connectivity index (χ2v) is 3.84. The Hall–Kier alpha value is -0.930. The number of hydrogen-bond donors (Lipinski definition) is 1. The van der Waals surface area contributed by atoms with Crippen LogP contribution in [-0.4, -0.2) is 35.6 Å². The molecule has 3 heteroatoms. The molecule has 1 aromatic rings. The third-order valence-corrected chi connectivity index (χ3v) is 2.73. The Morgan fingerprint density at radius 1 is 1.57 bits per heavy atom. The first-order chi connectivity index (χ1) is 6.86. The van der Waals surface area contributed by atoms with Gasteiger partial charge in [0.2, 0.25) is 0 Å². The summed E-state index contributed by atoms with van der Waals surface area (Å²) in [6.45, 7) is 6.54. The Bertz CT molecular complexity index is 273. The molecule has 2 rings (SSSR count). The van der Waals surface area contributed by atoms with Gasteiger partial charge in [0.05, 0.1) is 5.69 Å². The van der Waals surface area contributed by atoms with E-state index in [1.165, 1.54) is 5.69 Å². The van der Waals surface area contributed by atoms with E-state index in [4.69, 9.17) is 0 Å². The maximum atomic E-state index is 4.35. The molecule has 76 valence electrons. The molecular weight excluding hydrogens is 174 g/mol. The van der Waals surface area contributed by atoms with Gasteiger partial charge in [-0.1, -0.05) is 6.07 Å². The van der Waals surface area contributed by atoms with Gasteiger partial charge >= 0.3 is 0 Å². The molecule has 1 saturated heterocycles. The maximum absolute atomic E-state index is 4.35. The molecule has 0 spiro atoms. The van der Waals surface area contributed by atoms with Crippen molar-refractivity contribution < 1.29 is 0 Å². The summed E-state index contributed by atoms with van der Waals surface area (Å²) >= 11 is 0. The summed E-state index contributed by atoms with van der Waals surface area (Å²) in [6.07, 6.45) is 1.86. The maximum Gasteiger partial charge on any atom is 0.0544 e. The molecule has 3 nitrogen and oxygen atoms in total. The lowest BCUT2D eigenvalue weighted by molar-refractivity contribution is 0.164. The van der Waals surface area contributed by atoms with Gasteiger partial charge in [0, 0.05) is 38.4 Å². The molecule has 1 atom stereocenters. The van der Waals surface area contributed by atoms with Gasteiger partial charge < -0.3 is 5.32 Å².